The lowest BCUT2D eigenvalue weighted by molar-refractivity contribution is -0.151. The Morgan fingerprint density at radius 3 is 2.91 bits per heavy atom. The number of H-pyrrole nitrogens is 1. The summed E-state index contributed by atoms with van der Waals surface area (Å²) in [6.07, 6.45) is 2.42. The standard InChI is InChI=1S/C18H20N2O3/c1-18(2,3)23-17(21)13-10-22-20-9-8-12-11-6-4-5-7-14(11)19-15(12)16(13)20/h4-7,10,16,19H,8-9H2,1-3H3. The van der Waals surface area contributed by atoms with Crippen LogP contribution in [0.25, 0.3) is 10.9 Å². The van der Waals surface area contributed by atoms with Gasteiger partial charge >= 0.3 is 5.97 Å². The number of para-hydroxylation sites is 1. The summed E-state index contributed by atoms with van der Waals surface area (Å²) in [5.74, 6) is -0.323. The first-order chi connectivity index (χ1) is 10.9. The highest BCUT2D eigenvalue weighted by molar-refractivity contribution is 5.92. The maximum Gasteiger partial charge on any atom is 0.339 e. The number of hydroxylamine groups is 2. The van der Waals surface area contributed by atoms with E-state index in [2.05, 4.69) is 17.1 Å². The molecule has 5 heteroatoms. The Bertz CT molecular complexity index is 813. The van der Waals surface area contributed by atoms with Crippen LogP contribution in [0.15, 0.2) is 36.1 Å². The molecule has 0 spiro atoms. The molecule has 0 amide bonds. The number of nitrogens with zero attached hydrogens (tertiary/aromatic N) is 1. The molecule has 2 aliphatic rings. The molecular formula is C18H20N2O3. The molecule has 2 aromatic rings. The van der Waals surface area contributed by atoms with Crippen LogP contribution in [0.1, 0.15) is 38.1 Å². The molecule has 120 valence electrons. The molecule has 2 aliphatic heterocycles. The summed E-state index contributed by atoms with van der Waals surface area (Å²) in [5, 5.41) is 3.06. The number of benzene rings is 1. The molecule has 0 saturated heterocycles. The molecule has 5 nitrogen and oxygen atoms in total. The first kappa shape index (κ1) is 14.3. The number of hydrogen-bond donors (Lipinski definition) is 1. The van der Waals surface area contributed by atoms with Crippen molar-refractivity contribution in [2.45, 2.75) is 38.8 Å². The fourth-order valence-electron chi connectivity index (χ4n) is 3.33. The predicted molar refractivity (Wildman–Crippen MR) is 86.5 cm³/mol. The molecule has 0 aliphatic carbocycles. The second-order valence-electron chi connectivity index (χ2n) is 7.04. The van der Waals surface area contributed by atoms with Gasteiger partial charge in [-0.25, -0.2) is 4.79 Å². The minimum Gasteiger partial charge on any atom is -0.456 e. The van der Waals surface area contributed by atoms with Gasteiger partial charge in [-0.15, -0.1) is 5.06 Å². The highest BCUT2D eigenvalue weighted by Gasteiger charge is 2.42. The molecule has 0 radical (unpaired) electrons. The highest BCUT2D eigenvalue weighted by Crippen LogP contribution is 2.42. The molecule has 23 heavy (non-hydrogen) atoms. The molecule has 1 unspecified atom stereocenters. The molecule has 0 fully saturated rings. The number of carbonyl (C=O) groups excluding carboxylic acids is 1. The van der Waals surface area contributed by atoms with Crippen LogP contribution in [-0.4, -0.2) is 28.2 Å². The van der Waals surface area contributed by atoms with Gasteiger partial charge in [0.2, 0.25) is 0 Å². The lowest BCUT2D eigenvalue weighted by Crippen LogP contribution is -2.34. The zero-order valence-electron chi connectivity index (χ0n) is 13.6. The molecule has 1 atom stereocenters. The van der Waals surface area contributed by atoms with Crippen molar-refractivity contribution < 1.29 is 14.4 Å². The number of rotatable bonds is 1. The van der Waals surface area contributed by atoms with Crippen LogP contribution in [0.3, 0.4) is 0 Å². The van der Waals surface area contributed by atoms with Crippen molar-refractivity contribution in [1.82, 2.24) is 10.0 Å². The average Bonchev–Trinajstić information content (AvgIpc) is 3.06. The van der Waals surface area contributed by atoms with Crippen molar-refractivity contribution in [2.75, 3.05) is 6.54 Å². The first-order valence-corrected chi connectivity index (χ1v) is 7.90. The Kier molecular flexibility index (Phi) is 3.03. The fraction of sp³-hybridized carbons (Fsp3) is 0.389. The second-order valence-corrected chi connectivity index (χ2v) is 7.04. The topological polar surface area (TPSA) is 54.6 Å². The van der Waals surface area contributed by atoms with Crippen LogP contribution in [0.5, 0.6) is 0 Å². The smallest absolute Gasteiger partial charge is 0.339 e. The quantitative estimate of drug-likeness (QED) is 0.821. The molecule has 1 aromatic carbocycles. The first-order valence-electron chi connectivity index (χ1n) is 7.90. The second kappa shape index (κ2) is 4.86. The number of fused-ring (bicyclic) bond motifs is 5. The van der Waals surface area contributed by atoms with Crippen LogP contribution in [0, 0.1) is 0 Å². The van der Waals surface area contributed by atoms with Gasteiger partial charge in [0.15, 0.2) is 0 Å². The number of esters is 1. The number of aromatic amines is 1. The van der Waals surface area contributed by atoms with Crippen LogP contribution < -0.4 is 0 Å². The van der Waals surface area contributed by atoms with Gasteiger partial charge in [0, 0.05) is 23.1 Å². The van der Waals surface area contributed by atoms with E-state index in [1.54, 1.807) is 0 Å². The maximum absolute atomic E-state index is 12.5. The lowest BCUT2D eigenvalue weighted by Gasteiger charge is -2.29. The molecule has 3 heterocycles. The average molecular weight is 312 g/mol. The van der Waals surface area contributed by atoms with Gasteiger partial charge in [0.05, 0.1) is 0 Å². The van der Waals surface area contributed by atoms with E-state index in [0.717, 1.165) is 24.2 Å². The molecule has 0 saturated carbocycles. The third-order valence-electron chi connectivity index (χ3n) is 4.23. The van der Waals surface area contributed by atoms with E-state index in [4.69, 9.17) is 9.57 Å². The molecular weight excluding hydrogens is 292 g/mol. The number of hydrogen-bond acceptors (Lipinski definition) is 4. The van der Waals surface area contributed by atoms with E-state index < -0.39 is 5.60 Å². The van der Waals surface area contributed by atoms with E-state index in [1.807, 2.05) is 38.0 Å². The number of carbonyl (C=O) groups is 1. The summed E-state index contributed by atoms with van der Waals surface area (Å²) in [6.45, 7) is 6.36. The Morgan fingerprint density at radius 2 is 2.13 bits per heavy atom. The van der Waals surface area contributed by atoms with E-state index >= 15 is 0 Å². The third-order valence-corrected chi connectivity index (χ3v) is 4.23. The molecule has 0 bridgehead atoms. The zero-order valence-corrected chi connectivity index (χ0v) is 13.6. The van der Waals surface area contributed by atoms with Crippen LogP contribution >= 0.6 is 0 Å². The zero-order chi connectivity index (χ0) is 16.2. The minimum absolute atomic E-state index is 0.221. The monoisotopic (exact) mass is 312 g/mol. The molecule has 1 N–H and O–H groups in total. The fourth-order valence-corrected chi connectivity index (χ4v) is 3.33. The summed E-state index contributed by atoms with van der Waals surface area (Å²) in [6, 6.07) is 8.01. The van der Waals surface area contributed by atoms with E-state index in [0.29, 0.717) is 5.57 Å². The van der Waals surface area contributed by atoms with E-state index in [9.17, 15) is 4.79 Å². The van der Waals surface area contributed by atoms with Crippen LogP contribution in [0.2, 0.25) is 0 Å². The Balaban J connectivity index is 1.75. The minimum atomic E-state index is -0.525. The van der Waals surface area contributed by atoms with Crippen LogP contribution in [0.4, 0.5) is 0 Å². The van der Waals surface area contributed by atoms with Crippen molar-refractivity contribution in [3.05, 3.63) is 47.4 Å². The van der Waals surface area contributed by atoms with E-state index in [1.165, 1.54) is 17.2 Å². The number of ether oxygens (including phenoxy) is 1. The Labute approximate surface area is 134 Å². The number of aromatic nitrogens is 1. The van der Waals surface area contributed by atoms with Gasteiger partial charge in [0.1, 0.15) is 23.5 Å². The lowest BCUT2D eigenvalue weighted by atomic mass is 9.95. The molecule has 1 aromatic heterocycles. The van der Waals surface area contributed by atoms with Gasteiger partial charge in [-0.05, 0) is 38.8 Å². The van der Waals surface area contributed by atoms with Crippen LogP contribution in [-0.2, 0) is 20.8 Å². The van der Waals surface area contributed by atoms with Gasteiger partial charge in [-0.3, -0.25) is 0 Å². The van der Waals surface area contributed by atoms with Crippen molar-refractivity contribution in [1.29, 1.82) is 0 Å². The summed E-state index contributed by atoms with van der Waals surface area (Å²) in [4.78, 5) is 21.6. The summed E-state index contributed by atoms with van der Waals surface area (Å²) in [7, 11) is 0. The maximum atomic E-state index is 12.5. The molecule has 4 rings (SSSR count). The number of nitrogens with one attached hydrogen (secondary N) is 1. The third kappa shape index (κ3) is 2.32. The predicted octanol–water partition coefficient (Wildman–Crippen LogP) is 3.24. The summed E-state index contributed by atoms with van der Waals surface area (Å²) < 4.78 is 5.53. The largest absolute Gasteiger partial charge is 0.456 e. The van der Waals surface area contributed by atoms with E-state index in [-0.39, 0.29) is 12.0 Å². The van der Waals surface area contributed by atoms with Crippen molar-refractivity contribution >= 4 is 16.9 Å². The van der Waals surface area contributed by atoms with Crippen molar-refractivity contribution in [3.8, 4) is 0 Å². The Hall–Kier alpha value is -2.27. The van der Waals surface area contributed by atoms with Gasteiger partial charge in [-0.1, -0.05) is 18.2 Å². The van der Waals surface area contributed by atoms with Crippen molar-refractivity contribution in [2.24, 2.45) is 0 Å². The summed E-state index contributed by atoms with van der Waals surface area (Å²) in [5.41, 5.74) is 3.42. The van der Waals surface area contributed by atoms with Gasteiger partial charge in [-0.2, -0.15) is 0 Å². The summed E-state index contributed by atoms with van der Waals surface area (Å²) >= 11 is 0. The van der Waals surface area contributed by atoms with Gasteiger partial charge in [0.25, 0.3) is 0 Å². The Morgan fingerprint density at radius 1 is 1.35 bits per heavy atom. The normalized spacial score (nSPS) is 20.7. The van der Waals surface area contributed by atoms with Crippen molar-refractivity contribution in [3.63, 3.8) is 0 Å². The highest BCUT2D eigenvalue weighted by atomic mass is 16.7. The van der Waals surface area contributed by atoms with Gasteiger partial charge < -0.3 is 14.6 Å². The SMILES string of the molecule is CC(C)(C)OC(=O)C1=CON2CCc3c([nH]c4ccccc34)C12.